The molecule has 2 aromatic carbocycles. The Morgan fingerprint density at radius 3 is 2.63 bits per heavy atom. The Kier molecular flexibility index (Phi) is 4.70. The fraction of sp³-hybridized carbons (Fsp3) is 0.300. The van der Waals surface area contributed by atoms with Crippen LogP contribution in [0.5, 0.6) is 0 Å². The van der Waals surface area contributed by atoms with Crippen molar-refractivity contribution in [2.75, 3.05) is 11.4 Å². The quantitative estimate of drug-likeness (QED) is 0.651. The van der Waals surface area contributed by atoms with E-state index in [9.17, 15) is 4.79 Å². The van der Waals surface area contributed by atoms with Crippen molar-refractivity contribution >= 4 is 23.4 Å². The Hall–Kier alpha value is -2.67. The smallest absolute Gasteiger partial charge is 0.240 e. The van der Waals surface area contributed by atoms with Gasteiger partial charge < -0.3 is 4.90 Å². The first-order valence-corrected chi connectivity index (χ1v) is 9.85. The molecule has 7 heteroatoms. The van der Waals surface area contributed by atoms with Gasteiger partial charge in [-0.2, -0.15) is 4.68 Å². The number of carbonyl (C=O) groups excluding carboxylic acids is 1. The second-order valence-electron chi connectivity index (χ2n) is 6.74. The molecule has 2 heterocycles. The lowest BCUT2D eigenvalue weighted by molar-refractivity contribution is -0.117. The highest BCUT2D eigenvalue weighted by atomic mass is 32.2. The number of para-hydroxylation sites is 2. The van der Waals surface area contributed by atoms with Crippen LogP contribution in [-0.4, -0.2) is 37.9 Å². The zero-order valence-electron chi connectivity index (χ0n) is 15.6. The SMILES string of the molecule is Cc1cccc(C)c1-n1nnnc1SC(C)C(=O)N1CCc2ccccc21. The monoisotopic (exact) mass is 379 g/mol. The average molecular weight is 379 g/mol. The Balaban J connectivity index is 1.58. The number of anilines is 1. The Labute approximate surface area is 162 Å². The number of tetrazole rings is 1. The number of nitrogens with zero attached hydrogens (tertiary/aromatic N) is 5. The number of aromatic nitrogens is 4. The van der Waals surface area contributed by atoms with Gasteiger partial charge in [0, 0.05) is 12.2 Å². The maximum Gasteiger partial charge on any atom is 0.240 e. The summed E-state index contributed by atoms with van der Waals surface area (Å²) in [4.78, 5) is 14.9. The van der Waals surface area contributed by atoms with Crippen LogP contribution < -0.4 is 4.90 Å². The third-order valence-electron chi connectivity index (χ3n) is 4.88. The fourth-order valence-electron chi connectivity index (χ4n) is 3.53. The molecule has 0 N–H and O–H groups in total. The molecule has 138 valence electrons. The minimum absolute atomic E-state index is 0.0843. The van der Waals surface area contributed by atoms with Crippen LogP contribution in [0.2, 0.25) is 0 Å². The summed E-state index contributed by atoms with van der Waals surface area (Å²) in [7, 11) is 0. The molecule has 1 atom stereocenters. The van der Waals surface area contributed by atoms with Crippen molar-refractivity contribution in [1.29, 1.82) is 0 Å². The second kappa shape index (κ2) is 7.15. The van der Waals surface area contributed by atoms with Gasteiger partial charge in [0.1, 0.15) is 0 Å². The molecule has 4 rings (SSSR count). The zero-order valence-corrected chi connectivity index (χ0v) is 16.4. The first kappa shape index (κ1) is 17.7. The fourth-order valence-corrected chi connectivity index (χ4v) is 4.38. The van der Waals surface area contributed by atoms with Gasteiger partial charge in [-0.15, -0.1) is 5.10 Å². The molecular formula is C20H21N5OS. The molecule has 1 aliphatic rings. The van der Waals surface area contributed by atoms with Crippen LogP contribution in [0, 0.1) is 13.8 Å². The molecule has 1 aliphatic heterocycles. The second-order valence-corrected chi connectivity index (χ2v) is 8.05. The van der Waals surface area contributed by atoms with Crippen LogP contribution in [-0.2, 0) is 11.2 Å². The molecule has 6 nitrogen and oxygen atoms in total. The van der Waals surface area contributed by atoms with Gasteiger partial charge in [-0.25, -0.2) is 0 Å². The van der Waals surface area contributed by atoms with Gasteiger partial charge >= 0.3 is 0 Å². The first-order chi connectivity index (χ1) is 13.1. The number of fused-ring (bicyclic) bond motifs is 1. The average Bonchev–Trinajstić information content (AvgIpc) is 3.28. The highest BCUT2D eigenvalue weighted by Gasteiger charge is 2.29. The first-order valence-electron chi connectivity index (χ1n) is 8.97. The lowest BCUT2D eigenvalue weighted by atomic mass is 10.1. The number of amides is 1. The molecule has 3 aromatic rings. The minimum Gasteiger partial charge on any atom is -0.311 e. The van der Waals surface area contributed by atoms with E-state index in [-0.39, 0.29) is 11.2 Å². The highest BCUT2D eigenvalue weighted by molar-refractivity contribution is 8.00. The molecule has 27 heavy (non-hydrogen) atoms. The molecule has 0 radical (unpaired) electrons. The molecule has 0 fully saturated rings. The van der Waals surface area contributed by atoms with Gasteiger partial charge in [-0.1, -0.05) is 48.2 Å². The normalized spacial score (nSPS) is 14.3. The van der Waals surface area contributed by atoms with Gasteiger partial charge in [0.05, 0.1) is 10.9 Å². The predicted octanol–water partition coefficient (Wildman–Crippen LogP) is 3.35. The van der Waals surface area contributed by atoms with Crippen molar-refractivity contribution in [1.82, 2.24) is 20.2 Å². The summed E-state index contributed by atoms with van der Waals surface area (Å²) in [6.45, 7) is 6.71. The van der Waals surface area contributed by atoms with Crippen LogP contribution in [0.4, 0.5) is 5.69 Å². The van der Waals surface area contributed by atoms with E-state index in [1.165, 1.54) is 17.3 Å². The summed E-state index contributed by atoms with van der Waals surface area (Å²) in [5.74, 6) is 0.0843. The van der Waals surface area contributed by atoms with E-state index in [1.807, 2.05) is 62.1 Å². The van der Waals surface area contributed by atoms with Gasteiger partial charge in [-0.3, -0.25) is 4.79 Å². The zero-order chi connectivity index (χ0) is 19.0. The standard InChI is InChI=1S/C20H21N5OS/c1-13-7-6-8-14(2)18(13)25-20(21-22-23-25)27-15(3)19(26)24-12-11-16-9-4-5-10-17(16)24/h4-10,15H,11-12H2,1-3H3. The van der Waals surface area contributed by atoms with E-state index in [2.05, 4.69) is 21.6 Å². The Morgan fingerprint density at radius 1 is 1.11 bits per heavy atom. The summed E-state index contributed by atoms with van der Waals surface area (Å²) in [5.41, 5.74) is 5.40. The van der Waals surface area contributed by atoms with E-state index < -0.39 is 0 Å². The van der Waals surface area contributed by atoms with Gasteiger partial charge in [-0.05, 0) is 60.4 Å². The van der Waals surface area contributed by atoms with E-state index >= 15 is 0 Å². The molecular weight excluding hydrogens is 358 g/mol. The van der Waals surface area contributed by atoms with E-state index in [1.54, 1.807) is 4.68 Å². The summed E-state index contributed by atoms with van der Waals surface area (Å²) in [6.07, 6.45) is 0.902. The van der Waals surface area contributed by atoms with Crippen molar-refractivity contribution in [3.8, 4) is 5.69 Å². The predicted molar refractivity (Wildman–Crippen MR) is 106 cm³/mol. The minimum atomic E-state index is -0.287. The van der Waals surface area contributed by atoms with Gasteiger partial charge in [0.15, 0.2) is 0 Å². The van der Waals surface area contributed by atoms with Gasteiger partial charge in [0.25, 0.3) is 0 Å². The molecule has 0 bridgehead atoms. The van der Waals surface area contributed by atoms with Crippen molar-refractivity contribution in [2.24, 2.45) is 0 Å². The van der Waals surface area contributed by atoms with E-state index in [0.29, 0.717) is 5.16 Å². The van der Waals surface area contributed by atoms with Crippen molar-refractivity contribution < 1.29 is 4.79 Å². The lowest BCUT2D eigenvalue weighted by Gasteiger charge is -2.21. The van der Waals surface area contributed by atoms with Crippen LogP contribution >= 0.6 is 11.8 Å². The highest BCUT2D eigenvalue weighted by Crippen LogP contribution is 2.32. The maximum absolute atomic E-state index is 13.0. The van der Waals surface area contributed by atoms with Crippen molar-refractivity contribution in [3.63, 3.8) is 0 Å². The number of benzene rings is 2. The van der Waals surface area contributed by atoms with Crippen molar-refractivity contribution in [3.05, 3.63) is 59.2 Å². The number of hydrogen-bond acceptors (Lipinski definition) is 5. The van der Waals surface area contributed by atoms with Crippen molar-refractivity contribution in [2.45, 2.75) is 37.6 Å². The number of carbonyl (C=O) groups is 1. The third-order valence-corrected chi connectivity index (χ3v) is 5.90. The topological polar surface area (TPSA) is 63.9 Å². The molecule has 0 spiro atoms. The molecule has 0 saturated heterocycles. The Bertz CT molecular complexity index is 979. The van der Waals surface area contributed by atoms with E-state index in [0.717, 1.165) is 35.5 Å². The molecule has 0 aliphatic carbocycles. The summed E-state index contributed by atoms with van der Waals surface area (Å²) in [5, 5.41) is 12.5. The maximum atomic E-state index is 13.0. The number of thioether (sulfide) groups is 1. The van der Waals surface area contributed by atoms with Gasteiger partial charge in [0.2, 0.25) is 11.1 Å². The van der Waals surface area contributed by atoms with Crippen LogP contribution in [0.15, 0.2) is 47.6 Å². The summed E-state index contributed by atoms with van der Waals surface area (Å²) >= 11 is 1.39. The molecule has 1 amide bonds. The third kappa shape index (κ3) is 3.23. The largest absolute Gasteiger partial charge is 0.311 e. The number of aryl methyl sites for hydroxylation is 2. The van der Waals surface area contributed by atoms with E-state index in [4.69, 9.17) is 0 Å². The lowest BCUT2D eigenvalue weighted by Crippen LogP contribution is -2.35. The summed E-state index contributed by atoms with van der Waals surface area (Å²) in [6, 6.07) is 14.2. The number of rotatable bonds is 4. The molecule has 1 unspecified atom stereocenters. The van der Waals surface area contributed by atoms with Crippen LogP contribution in [0.3, 0.4) is 0 Å². The number of hydrogen-bond donors (Lipinski definition) is 0. The summed E-state index contributed by atoms with van der Waals surface area (Å²) < 4.78 is 1.73. The molecule has 1 aromatic heterocycles. The Morgan fingerprint density at radius 2 is 1.85 bits per heavy atom. The van der Waals surface area contributed by atoms with Crippen LogP contribution in [0.25, 0.3) is 5.69 Å². The molecule has 0 saturated carbocycles. The van der Waals surface area contributed by atoms with Crippen LogP contribution in [0.1, 0.15) is 23.6 Å².